The van der Waals surface area contributed by atoms with Gasteiger partial charge in [0.05, 0.1) is 13.7 Å². The summed E-state index contributed by atoms with van der Waals surface area (Å²) >= 11 is 0. The van der Waals surface area contributed by atoms with E-state index in [1.807, 2.05) is 6.92 Å². The van der Waals surface area contributed by atoms with E-state index < -0.39 is 12.0 Å². The molecule has 100 valence electrons. The molecule has 0 aliphatic carbocycles. The Balaban J connectivity index is 2.79. The Bertz CT molecular complexity index is 394. The maximum absolute atomic E-state index is 11.2. The molecule has 2 N–H and O–H groups in total. The number of carbonyl (C=O) groups is 1. The van der Waals surface area contributed by atoms with Gasteiger partial charge in [-0.25, -0.2) is 4.79 Å². The first-order valence-corrected chi connectivity index (χ1v) is 5.70. The molecule has 18 heavy (non-hydrogen) atoms. The van der Waals surface area contributed by atoms with E-state index in [1.165, 1.54) is 0 Å². The van der Waals surface area contributed by atoms with Crippen LogP contribution in [-0.2, 0) is 9.53 Å². The number of nitrogens with one attached hydrogen (secondary N) is 1. The molecule has 0 amide bonds. The number of aliphatic carboxylic acids is 1. The van der Waals surface area contributed by atoms with Crippen molar-refractivity contribution >= 4 is 11.7 Å². The van der Waals surface area contributed by atoms with Crippen molar-refractivity contribution in [3.8, 4) is 5.75 Å². The third kappa shape index (κ3) is 3.92. The molecule has 0 saturated heterocycles. The van der Waals surface area contributed by atoms with Gasteiger partial charge < -0.3 is 19.9 Å². The summed E-state index contributed by atoms with van der Waals surface area (Å²) in [6.45, 7) is 2.21. The van der Waals surface area contributed by atoms with E-state index in [9.17, 15) is 9.90 Å². The number of carboxylic acids is 1. The zero-order chi connectivity index (χ0) is 13.5. The summed E-state index contributed by atoms with van der Waals surface area (Å²) in [7, 11) is 3.13. The van der Waals surface area contributed by atoms with Crippen LogP contribution in [0.15, 0.2) is 24.3 Å². The molecular formula is C13H19NO4. The topological polar surface area (TPSA) is 67.8 Å². The van der Waals surface area contributed by atoms with E-state index in [2.05, 4.69) is 5.32 Å². The smallest absolute Gasteiger partial charge is 0.326 e. The SMILES string of the molecule is COCC(C)C(Nc1cccc(OC)c1)C(=O)O. The Hall–Kier alpha value is -1.75. The minimum Gasteiger partial charge on any atom is -0.497 e. The van der Waals surface area contributed by atoms with E-state index in [4.69, 9.17) is 9.47 Å². The second-order valence-corrected chi connectivity index (χ2v) is 4.12. The number of anilines is 1. The molecule has 5 nitrogen and oxygen atoms in total. The number of benzene rings is 1. The van der Waals surface area contributed by atoms with Crippen LogP contribution in [0.2, 0.25) is 0 Å². The van der Waals surface area contributed by atoms with E-state index in [1.54, 1.807) is 38.5 Å². The van der Waals surface area contributed by atoms with E-state index in [0.29, 0.717) is 18.0 Å². The van der Waals surface area contributed by atoms with Gasteiger partial charge in [-0.15, -0.1) is 0 Å². The molecule has 5 heteroatoms. The lowest BCUT2D eigenvalue weighted by Crippen LogP contribution is -2.37. The average Bonchev–Trinajstić information content (AvgIpc) is 2.36. The number of hydrogen-bond donors (Lipinski definition) is 2. The zero-order valence-corrected chi connectivity index (χ0v) is 10.8. The van der Waals surface area contributed by atoms with Crippen molar-refractivity contribution in [2.75, 3.05) is 26.1 Å². The van der Waals surface area contributed by atoms with Crippen molar-refractivity contribution in [2.45, 2.75) is 13.0 Å². The molecule has 0 aromatic heterocycles. The Morgan fingerprint density at radius 1 is 1.44 bits per heavy atom. The van der Waals surface area contributed by atoms with Gasteiger partial charge >= 0.3 is 5.97 Å². The van der Waals surface area contributed by atoms with E-state index in [-0.39, 0.29) is 5.92 Å². The van der Waals surface area contributed by atoms with Gasteiger partial charge in [-0.1, -0.05) is 13.0 Å². The minimum absolute atomic E-state index is 0.140. The Labute approximate surface area is 107 Å². The highest BCUT2D eigenvalue weighted by Gasteiger charge is 2.24. The van der Waals surface area contributed by atoms with Crippen LogP contribution in [0.4, 0.5) is 5.69 Å². The predicted octanol–water partition coefficient (Wildman–Crippen LogP) is 1.84. The fourth-order valence-electron chi connectivity index (χ4n) is 1.70. The van der Waals surface area contributed by atoms with Gasteiger partial charge in [-0.05, 0) is 12.1 Å². The summed E-state index contributed by atoms with van der Waals surface area (Å²) in [5.41, 5.74) is 0.713. The summed E-state index contributed by atoms with van der Waals surface area (Å²) in [6.07, 6.45) is 0. The van der Waals surface area contributed by atoms with Crippen molar-refractivity contribution in [1.29, 1.82) is 0 Å². The maximum Gasteiger partial charge on any atom is 0.326 e. The average molecular weight is 253 g/mol. The highest BCUT2D eigenvalue weighted by Crippen LogP contribution is 2.19. The second-order valence-electron chi connectivity index (χ2n) is 4.12. The van der Waals surface area contributed by atoms with Crippen LogP contribution in [-0.4, -0.2) is 37.9 Å². The van der Waals surface area contributed by atoms with Gasteiger partial charge in [-0.3, -0.25) is 0 Å². The van der Waals surface area contributed by atoms with Crippen LogP contribution >= 0.6 is 0 Å². The van der Waals surface area contributed by atoms with Crippen LogP contribution in [0.3, 0.4) is 0 Å². The molecule has 1 aromatic carbocycles. The molecule has 0 fully saturated rings. The van der Waals surface area contributed by atoms with E-state index in [0.717, 1.165) is 0 Å². The maximum atomic E-state index is 11.2. The quantitative estimate of drug-likeness (QED) is 0.776. The number of ether oxygens (including phenoxy) is 2. The van der Waals surface area contributed by atoms with Crippen LogP contribution in [0.25, 0.3) is 0 Å². The fourth-order valence-corrected chi connectivity index (χ4v) is 1.70. The molecule has 0 spiro atoms. The van der Waals surface area contributed by atoms with E-state index >= 15 is 0 Å². The first-order valence-electron chi connectivity index (χ1n) is 5.70. The third-order valence-electron chi connectivity index (χ3n) is 2.66. The van der Waals surface area contributed by atoms with Crippen LogP contribution < -0.4 is 10.1 Å². The van der Waals surface area contributed by atoms with Crippen molar-refractivity contribution in [3.63, 3.8) is 0 Å². The van der Waals surface area contributed by atoms with Crippen molar-refractivity contribution in [3.05, 3.63) is 24.3 Å². The lowest BCUT2D eigenvalue weighted by Gasteiger charge is -2.22. The van der Waals surface area contributed by atoms with Crippen molar-refractivity contribution in [1.82, 2.24) is 0 Å². The van der Waals surface area contributed by atoms with Gasteiger partial charge in [0.25, 0.3) is 0 Å². The highest BCUT2D eigenvalue weighted by molar-refractivity contribution is 5.77. The molecular weight excluding hydrogens is 234 g/mol. The van der Waals surface area contributed by atoms with Gasteiger partial charge in [-0.2, -0.15) is 0 Å². The lowest BCUT2D eigenvalue weighted by molar-refractivity contribution is -0.139. The van der Waals surface area contributed by atoms with Crippen LogP contribution in [0, 0.1) is 5.92 Å². The molecule has 0 heterocycles. The molecule has 2 atom stereocenters. The van der Waals surface area contributed by atoms with Crippen LogP contribution in [0.5, 0.6) is 5.75 Å². The number of carboxylic acid groups (broad SMARTS) is 1. The zero-order valence-electron chi connectivity index (χ0n) is 10.8. The highest BCUT2D eigenvalue weighted by atomic mass is 16.5. The second kappa shape index (κ2) is 6.86. The first kappa shape index (κ1) is 14.3. The largest absolute Gasteiger partial charge is 0.497 e. The Morgan fingerprint density at radius 2 is 2.17 bits per heavy atom. The summed E-state index contributed by atoms with van der Waals surface area (Å²) < 4.78 is 10.1. The van der Waals surface area contributed by atoms with Gasteiger partial charge in [0.2, 0.25) is 0 Å². The first-order chi connectivity index (χ1) is 8.58. The number of hydrogen-bond acceptors (Lipinski definition) is 4. The van der Waals surface area contributed by atoms with Gasteiger partial charge in [0, 0.05) is 24.8 Å². The summed E-state index contributed by atoms with van der Waals surface area (Å²) in [4.78, 5) is 11.2. The molecule has 0 saturated carbocycles. The third-order valence-corrected chi connectivity index (χ3v) is 2.66. The predicted molar refractivity (Wildman–Crippen MR) is 69.1 cm³/mol. The Kier molecular flexibility index (Phi) is 5.45. The van der Waals surface area contributed by atoms with Gasteiger partial charge in [0.15, 0.2) is 0 Å². The Morgan fingerprint density at radius 3 is 2.72 bits per heavy atom. The monoisotopic (exact) mass is 253 g/mol. The van der Waals surface area contributed by atoms with Crippen molar-refractivity contribution < 1.29 is 19.4 Å². The normalized spacial score (nSPS) is 13.7. The van der Waals surface area contributed by atoms with Gasteiger partial charge in [0.1, 0.15) is 11.8 Å². The molecule has 1 rings (SSSR count). The summed E-state index contributed by atoms with van der Waals surface area (Å²) in [5.74, 6) is -0.357. The standard InChI is InChI=1S/C13H19NO4/c1-9(8-17-2)12(13(15)16)14-10-5-4-6-11(7-10)18-3/h4-7,9,12,14H,8H2,1-3H3,(H,15,16). The molecule has 2 unspecified atom stereocenters. The summed E-state index contributed by atoms with van der Waals surface area (Å²) in [5, 5.41) is 12.2. The number of rotatable bonds is 7. The van der Waals surface area contributed by atoms with Crippen molar-refractivity contribution in [2.24, 2.45) is 5.92 Å². The fraction of sp³-hybridized carbons (Fsp3) is 0.462. The van der Waals surface area contributed by atoms with Crippen LogP contribution in [0.1, 0.15) is 6.92 Å². The minimum atomic E-state index is -0.901. The molecule has 1 aromatic rings. The molecule has 0 bridgehead atoms. The summed E-state index contributed by atoms with van der Waals surface area (Å²) in [6, 6.07) is 6.48. The molecule has 0 aliphatic rings. The molecule has 0 radical (unpaired) electrons. The number of methoxy groups -OCH3 is 2. The lowest BCUT2D eigenvalue weighted by atomic mass is 10.0. The molecule has 0 aliphatic heterocycles.